The van der Waals surface area contributed by atoms with Gasteiger partial charge < -0.3 is 5.11 Å². The molecule has 1 heterocycles. The van der Waals surface area contributed by atoms with E-state index in [4.69, 9.17) is 5.11 Å². The average Bonchev–Trinajstić information content (AvgIpc) is 2.42. The van der Waals surface area contributed by atoms with E-state index in [1.54, 1.807) is 23.1 Å². The van der Waals surface area contributed by atoms with Crippen molar-refractivity contribution in [3.05, 3.63) is 15.6 Å². The number of aliphatic hydroxyl groups excluding tert-OH is 1. The van der Waals surface area contributed by atoms with Crippen molar-refractivity contribution in [1.82, 2.24) is 4.98 Å². The third-order valence-electron chi connectivity index (χ3n) is 1.82. The number of aromatic nitrogens is 1. The first-order valence-corrected chi connectivity index (χ1v) is 6.15. The summed E-state index contributed by atoms with van der Waals surface area (Å²) in [5.74, 6) is 0.918. The number of thioether (sulfide) groups is 1. The summed E-state index contributed by atoms with van der Waals surface area (Å²) in [6, 6.07) is 0. The van der Waals surface area contributed by atoms with Gasteiger partial charge in [-0.1, -0.05) is 6.92 Å². The molecule has 0 radical (unpaired) electrons. The highest BCUT2D eigenvalue weighted by molar-refractivity contribution is 7.99. The van der Waals surface area contributed by atoms with Crippen LogP contribution in [-0.4, -0.2) is 21.9 Å². The first kappa shape index (κ1) is 11.0. The molecule has 1 rings (SSSR count). The van der Waals surface area contributed by atoms with Crippen molar-refractivity contribution in [2.75, 3.05) is 6.61 Å². The van der Waals surface area contributed by atoms with E-state index < -0.39 is 0 Å². The molecule has 1 atom stereocenters. The zero-order valence-electron chi connectivity index (χ0n) is 8.20. The topological polar surface area (TPSA) is 33.1 Å². The van der Waals surface area contributed by atoms with Crippen molar-refractivity contribution in [3.63, 3.8) is 0 Å². The first-order chi connectivity index (χ1) is 6.13. The Balaban J connectivity index is 2.45. The third kappa shape index (κ3) is 3.29. The maximum absolute atomic E-state index is 8.83. The molecular weight excluding hydrogens is 202 g/mol. The zero-order chi connectivity index (χ0) is 9.84. The quantitative estimate of drug-likeness (QED) is 0.840. The van der Waals surface area contributed by atoms with Crippen LogP contribution >= 0.6 is 23.1 Å². The summed E-state index contributed by atoms with van der Waals surface area (Å²) >= 11 is 3.50. The predicted octanol–water partition coefficient (Wildman–Crippen LogP) is 2.37. The molecule has 1 N–H and O–H groups in total. The van der Waals surface area contributed by atoms with Crippen LogP contribution in [-0.2, 0) is 5.75 Å². The second-order valence-electron chi connectivity index (χ2n) is 3.05. The molecule has 74 valence electrons. The molecule has 1 aromatic rings. The van der Waals surface area contributed by atoms with Crippen LogP contribution in [0.15, 0.2) is 0 Å². The second-order valence-corrected chi connectivity index (χ2v) is 5.77. The van der Waals surface area contributed by atoms with Crippen molar-refractivity contribution in [1.29, 1.82) is 0 Å². The van der Waals surface area contributed by atoms with Crippen molar-refractivity contribution < 1.29 is 5.11 Å². The van der Waals surface area contributed by atoms with Crippen LogP contribution in [0.5, 0.6) is 0 Å². The molecule has 0 saturated heterocycles. The first-order valence-electron chi connectivity index (χ1n) is 4.29. The van der Waals surface area contributed by atoms with Crippen LogP contribution < -0.4 is 0 Å². The highest BCUT2D eigenvalue weighted by Crippen LogP contribution is 2.23. The lowest BCUT2D eigenvalue weighted by atomic mass is 10.4. The van der Waals surface area contributed by atoms with E-state index in [1.807, 2.05) is 13.8 Å². The molecule has 0 spiro atoms. The highest BCUT2D eigenvalue weighted by Gasteiger charge is 2.06. The smallest absolute Gasteiger partial charge is 0.103 e. The standard InChI is InChI=1S/C9H15NOS2/c1-6(4-11)12-5-9-10-7(2)8(3)13-9/h6,11H,4-5H2,1-3H3. The molecule has 2 nitrogen and oxygen atoms in total. The molecule has 1 unspecified atom stereocenters. The molecule has 0 saturated carbocycles. The fraction of sp³-hybridized carbons (Fsp3) is 0.667. The van der Waals surface area contributed by atoms with E-state index in [1.165, 1.54) is 9.88 Å². The van der Waals surface area contributed by atoms with Crippen molar-refractivity contribution >= 4 is 23.1 Å². The summed E-state index contributed by atoms with van der Waals surface area (Å²) in [6.45, 7) is 6.40. The number of rotatable bonds is 4. The van der Waals surface area contributed by atoms with Gasteiger partial charge in [-0.3, -0.25) is 0 Å². The number of hydrogen-bond acceptors (Lipinski definition) is 4. The molecule has 1 aromatic heterocycles. The van der Waals surface area contributed by atoms with Gasteiger partial charge >= 0.3 is 0 Å². The van der Waals surface area contributed by atoms with Crippen LogP contribution in [0.1, 0.15) is 22.5 Å². The summed E-state index contributed by atoms with van der Waals surface area (Å²) in [5, 5.41) is 10.3. The molecule has 0 aliphatic rings. The zero-order valence-corrected chi connectivity index (χ0v) is 9.84. The van der Waals surface area contributed by atoms with Crippen LogP contribution in [0.4, 0.5) is 0 Å². The molecule has 0 aromatic carbocycles. The van der Waals surface area contributed by atoms with Gasteiger partial charge in [-0.2, -0.15) is 0 Å². The average molecular weight is 217 g/mol. The summed E-state index contributed by atoms with van der Waals surface area (Å²) in [5.41, 5.74) is 1.14. The van der Waals surface area contributed by atoms with Gasteiger partial charge in [-0.15, -0.1) is 23.1 Å². The van der Waals surface area contributed by atoms with E-state index in [-0.39, 0.29) is 6.61 Å². The normalized spacial score (nSPS) is 13.2. The van der Waals surface area contributed by atoms with Gasteiger partial charge in [0.05, 0.1) is 12.3 Å². The van der Waals surface area contributed by atoms with Gasteiger partial charge in [0.15, 0.2) is 0 Å². The summed E-state index contributed by atoms with van der Waals surface area (Å²) in [6.07, 6.45) is 0. The summed E-state index contributed by atoms with van der Waals surface area (Å²) in [4.78, 5) is 5.73. The molecule has 0 amide bonds. The van der Waals surface area contributed by atoms with E-state index in [0.29, 0.717) is 5.25 Å². The highest BCUT2D eigenvalue weighted by atomic mass is 32.2. The summed E-state index contributed by atoms with van der Waals surface area (Å²) in [7, 11) is 0. The van der Waals surface area contributed by atoms with Crippen molar-refractivity contribution in [3.8, 4) is 0 Å². The Hall–Kier alpha value is -0.0600. The Morgan fingerprint density at radius 3 is 2.69 bits per heavy atom. The lowest BCUT2D eigenvalue weighted by Crippen LogP contribution is -2.02. The Morgan fingerprint density at radius 1 is 1.54 bits per heavy atom. The van der Waals surface area contributed by atoms with Gasteiger partial charge in [0.1, 0.15) is 5.01 Å². The fourth-order valence-corrected chi connectivity index (χ4v) is 2.63. The van der Waals surface area contributed by atoms with Crippen LogP contribution in [0.3, 0.4) is 0 Å². The molecule has 0 aliphatic carbocycles. The van der Waals surface area contributed by atoms with E-state index >= 15 is 0 Å². The Bertz CT molecular complexity index is 253. The van der Waals surface area contributed by atoms with E-state index in [2.05, 4.69) is 11.9 Å². The van der Waals surface area contributed by atoms with Gasteiger partial charge in [-0.25, -0.2) is 4.98 Å². The Labute approximate surface area is 87.4 Å². The van der Waals surface area contributed by atoms with Gasteiger partial charge in [-0.05, 0) is 13.8 Å². The minimum Gasteiger partial charge on any atom is -0.395 e. The SMILES string of the molecule is Cc1nc(CSC(C)CO)sc1C. The van der Waals surface area contributed by atoms with E-state index in [9.17, 15) is 0 Å². The Morgan fingerprint density at radius 2 is 2.23 bits per heavy atom. The molecule has 13 heavy (non-hydrogen) atoms. The maximum Gasteiger partial charge on any atom is 0.103 e. The second kappa shape index (κ2) is 4.98. The minimum absolute atomic E-state index is 0.244. The Kier molecular flexibility index (Phi) is 4.22. The fourth-order valence-electron chi connectivity index (χ4n) is 0.867. The number of aliphatic hydroxyl groups is 1. The molecule has 0 aliphatic heterocycles. The van der Waals surface area contributed by atoms with Crippen LogP contribution in [0, 0.1) is 13.8 Å². The van der Waals surface area contributed by atoms with Crippen LogP contribution in [0.25, 0.3) is 0 Å². The van der Waals surface area contributed by atoms with Gasteiger partial charge in [0.2, 0.25) is 0 Å². The molecule has 4 heteroatoms. The largest absolute Gasteiger partial charge is 0.395 e. The lowest BCUT2D eigenvalue weighted by molar-refractivity contribution is 0.300. The third-order valence-corrected chi connectivity index (χ3v) is 4.24. The molecule has 0 bridgehead atoms. The number of nitrogens with zero attached hydrogens (tertiary/aromatic N) is 1. The number of aryl methyl sites for hydroxylation is 2. The molecule has 0 fully saturated rings. The maximum atomic E-state index is 8.83. The monoisotopic (exact) mass is 217 g/mol. The predicted molar refractivity (Wildman–Crippen MR) is 59.4 cm³/mol. The van der Waals surface area contributed by atoms with E-state index in [0.717, 1.165) is 11.4 Å². The van der Waals surface area contributed by atoms with Crippen molar-refractivity contribution in [2.24, 2.45) is 0 Å². The van der Waals surface area contributed by atoms with Crippen molar-refractivity contribution in [2.45, 2.75) is 31.8 Å². The summed E-state index contributed by atoms with van der Waals surface area (Å²) < 4.78 is 0. The lowest BCUT2D eigenvalue weighted by Gasteiger charge is -2.04. The number of hydrogen-bond donors (Lipinski definition) is 1. The van der Waals surface area contributed by atoms with Gasteiger partial charge in [0, 0.05) is 15.9 Å². The minimum atomic E-state index is 0.244. The van der Waals surface area contributed by atoms with Gasteiger partial charge in [0.25, 0.3) is 0 Å². The molecular formula is C9H15NOS2. The number of thiazole rings is 1. The van der Waals surface area contributed by atoms with Crippen LogP contribution in [0.2, 0.25) is 0 Å².